The van der Waals surface area contributed by atoms with Gasteiger partial charge < -0.3 is 4.79 Å². The SMILES string of the molecule is O=CCC1CCCN1C(F)(F)F. The molecule has 12 heavy (non-hydrogen) atoms. The van der Waals surface area contributed by atoms with Crippen LogP contribution in [-0.4, -0.2) is 30.1 Å². The van der Waals surface area contributed by atoms with Gasteiger partial charge in [0.05, 0.1) is 0 Å². The molecule has 70 valence electrons. The zero-order chi connectivity index (χ0) is 9.19. The molecule has 0 aliphatic carbocycles. The first-order valence-electron chi connectivity index (χ1n) is 3.83. The Kier molecular flexibility index (Phi) is 2.72. The number of hydrogen-bond acceptors (Lipinski definition) is 2. The predicted octanol–water partition coefficient (Wildman–Crippen LogP) is 1.56. The van der Waals surface area contributed by atoms with Gasteiger partial charge in [-0.2, -0.15) is 13.2 Å². The van der Waals surface area contributed by atoms with E-state index in [0.717, 1.165) is 0 Å². The summed E-state index contributed by atoms with van der Waals surface area (Å²) in [6.45, 7) is 0.0298. The van der Waals surface area contributed by atoms with Gasteiger partial charge in [0.1, 0.15) is 6.29 Å². The summed E-state index contributed by atoms with van der Waals surface area (Å²) in [4.78, 5) is 10.5. The lowest BCUT2D eigenvalue weighted by atomic mass is 10.2. The average molecular weight is 181 g/mol. The Morgan fingerprint density at radius 2 is 2.17 bits per heavy atom. The summed E-state index contributed by atoms with van der Waals surface area (Å²) in [7, 11) is 0. The fourth-order valence-electron chi connectivity index (χ4n) is 1.53. The second-order valence-corrected chi connectivity index (χ2v) is 2.86. The van der Waals surface area contributed by atoms with E-state index in [2.05, 4.69) is 0 Å². The number of likely N-dealkylation sites (tertiary alicyclic amines) is 1. The smallest absolute Gasteiger partial charge is 0.303 e. The highest BCUT2D eigenvalue weighted by Crippen LogP contribution is 2.31. The number of rotatable bonds is 2. The summed E-state index contributed by atoms with van der Waals surface area (Å²) in [6, 6.07) is -0.623. The van der Waals surface area contributed by atoms with E-state index in [4.69, 9.17) is 0 Å². The average Bonchev–Trinajstić information content (AvgIpc) is 2.34. The van der Waals surface area contributed by atoms with Crippen LogP contribution in [0.4, 0.5) is 13.2 Å². The molecule has 0 N–H and O–H groups in total. The fraction of sp³-hybridized carbons (Fsp3) is 0.857. The molecule has 0 amide bonds. The molecule has 0 bridgehead atoms. The van der Waals surface area contributed by atoms with Gasteiger partial charge in [-0.05, 0) is 12.8 Å². The second-order valence-electron chi connectivity index (χ2n) is 2.86. The van der Waals surface area contributed by atoms with Crippen LogP contribution in [0.5, 0.6) is 0 Å². The molecule has 0 spiro atoms. The monoisotopic (exact) mass is 181 g/mol. The zero-order valence-electron chi connectivity index (χ0n) is 6.47. The standard InChI is InChI=1S/C7H10F3NO/c8-7(9,10)11-4-1-2-6(11)3-5-12/h5-6H,1-4H2. The Morgan fingerprint density at radius 3 is 2.67 bits per heavy atom. The number of nitrogens with zero attached hydrogens (tertiary/aromatic N) is 1. The minimum absolute atomic E-state index is 0.0144. The highest BCUT2D eigenvalue weighted by Gasteiger charge is 2.43. The van der Waals surface area contributed by atoms with Crippen LogP contribution in [0, 0.1) is 0 Å². The Balaban J connectivity index is 2.57. The molecule has 1 heterocycles. The minimum Gasteiger partial charge on any atom is -0.303 e. The van der Waals surface area contributed by atoms with Crippen molar-refractivity contribution in [2.75, 3.05) is 6.54 Å². The maximum absolute atomic E-state index is 12.1. The molecule has 0 aromatic heterocycles. The molecular formula is C7H10F3NO. The van der Waals surface area contributed by atoms with Gasteiger partial charge >= 0.3 is 6.30 Å². The van der Waals surface area contributed by atoms with Crippen LogP contribution in [0.3, 0.4) is 0 Å². The summed E-state index contributed by atoms with van der Waals surface area (Å²) >= 11 is 0. The molecular weight excluding hydrogens is 171 g/mol. The molecule has 0 radical (unpaired) electrons. The number of halogens is 3. The lowest BCUT2D eigenvalue weighted by Crippen LogP contribution is -2.41. The van der Waals surface area contributed by atoms with Crippen molar-refractivity contribution in [2.24, 2.45) is 0 Å². The summed E-state index contributed by atoms with van der Waals surface area (Å²) in [5, 5.41) is 0. The van der Waals surface area contributed by atoms with Gasteiger partial charge in [0.25, 0.3) is 0 Å². The third kappa shape index (κ3) is 1.97. The molecule has 1 fully saturated rings. The number of aldehydes is 1. The quantitative estimate of drug-likeness (QED) is 0.476. The largest absolute Gasteiger partial charge is 0.460 e. The first-order chi connectivity index (χ1) is 5.55. The third-order valence-electron chi connectivity index (χ3n) is 2.07. The van der Waals surface area contributed by atoms with Gasteiger partial charge in [0, 0.05) is 19.0 Å². The lowest BCUT2D eigenvalue weighted by molar-refractivity contribution is -0.249. The molecule has 0 aromatic rings. The second kappa shape index (κ2) is 3.43. The van der Waals surface area contributed by atoms with Crippen molar-refractivity contribution in [3.8, 4) is 0 Å². The van der Waals surface area contributed by atoms with E-state index in [9.17, 15) is 18.0 Å². The van der Waals surface area contributed by atoms with E-state index >= 15 is 0 Å². The van der Waals surface area contributed by atoms with Gasteiger partial charge in [-0.15, -0.1) is 0 Å². The van der Waals surface area contributed by atoms with Crippen LogP contribution in [0.1, 0.15) is 19.3 Å². The normalized spacial score (nSPS) is 26.1. The van der Waals surface area contributed by atoms with Crippen LogP contribution in [0.15, 0.2) is 0 Å². The van der Waals surface area contributed by atoms with Crippen LogP contribution >= 0.6 is 0 Å². The number of carbonyl (C=O) groups excluding carboxylic acids is 1. The van der Waals surface area contributed by atoms with Crippen molar-refractivity contribution in [3.05, 3.63) is 0 Å². The molecule has 1 unspecified atom stereocenters. The fourth-order valence-corrected chi connectivity index (χ4v) is 1.53. The first kappa shape index (κ1) is 9.51. The summed E-state index contributed by atoms with van der Waals surface area (Å²) < 4.78 is 36.4. The van der Waals surface area contributed by atoms with Gasteiger partial charge in [0.2, 0.25) is 0 Å². The highest BCUT2D eigenvalue weighted by molar-refractivity contribution is 5.50. The van der Waals surface area contributed by atoms with Gasteiger partial charge in [-0.1, -0.05) is 0 Å². The molecule has 1 rings (SSSR count). The molecule has 5 heteroatoms. The maximum Gasteiger partial charge on any atom is 0.460 e. The van der Waals surface area contributed by atoms with Crippen molar-refractivity contribution >= 4 is 6.29 Å². The van der Waals surface area contributed by atoms with Gasteiger partial charge in [0.15, 0.2) is 0 Å². The first-order valence-corrected chi connectivity index (χ1v) is 3.83. The maximum atomic E-state index is 12.1. The molecule has 1 saturated heterocycles. The topological polar surface area (TPSA) is 20.3 Å². The summed E-state index contributed by atoms with van der Waals surface area (Å²) in [5.41, 5.74) is 0. The predicted molar refractivity (Wildman–Crippen MR) is 36.5 cm³/mol. The van der Waals surface area contributed by atoms with Gasteiger partial charge in [-0.3, -0.25) is 0 Å². The van der Waals surface area contributed by atoms with E-state index in [0.29, 0.717) is 24.0 Å². The number of hydrogen-bond donors (Lipinski definition) is 0. The van der Waals surface area contributed by atoms with Crippen molar-refractivity contribution < 1.29 is 18.0 Å². The van der Waals surface area contributed by atoms with Crippen LogP contribution in [0.25, 0.3) is 0 Å². The van der Waals surface area contributed by atoms with Crippen molar-refractivity contribution in [1.82, 2.24) is 4.90 Å². The lowest BCUT2D eigenvalue weighted by Gasteiger charge is -2.24. The molecule has 0 aromatic carbocycles. The Labute approximate surface area is 68.3 Å². The van der Waals surface area contributed by atoms with Crippen LogP contribution in [0.2, 0.25) is 0 Å². The van der Waals surface area contributed by atoms with Crippen molar-refractivity contribution in [3.63, 3.8) is 0 Å². The molecule has 1 aliphatic rings. The van der Waals surface area contributed by atoms with E-state index in [1.165, 1.54) is 0 Å². The van der Waals surface area contributed by atoms with Crippen LogP contribution in [-0.2, 0) is 4.79 Å². The Bertz CT molecular complexity index is 169. The van der Waals surface area contributed by atoms with Crippen molar-refractivity contribution in [1.29, 1.82) is 0 Å². The highest BCUT2D eigenvalue weighted by atomic mass is 19.4. The van der Waals surface area contributed by atoms with E-state index < -0.39 is 12.3 Å². The molecule has 1 aliphatic heterocycles. The van der Waals surface area contributed by atoms with Crippen molar-refractivity contribution in [2.45, 2.75) is 31.6 Å². The molecule has 2 nitrogen and oxygen atoms in total. The minimum atomic E-state index is -4.27. The number of carbonyl (C=O) groups is 1. The summed E-state index contributed by atoms with van der Waals surface area (Å²) in [5.74, 6) is 0. The Hall–Kier alpha value is -0.580. The molecule has 1 atom stereocenters. The number of alkyl halides is 3. The zero-order valence-corrected chi connectivity index (χ0v) is 6.47. The Morgan fingerprint density at radius 1 is 1.50 bits per heavy atom. The van der Waals surface area contributed by atoms with E-state index in [1.807, 2.05) is 0 Å². The van der Waals surface area contributed by atoms with Crippen LogP contribution < -0.4 is 0 Å². The third-order valence-corrected chi connectivity index (χ3v) is 2.07. The van der Waals surface area contributed by atoms with Gasteiger partial charge in [-0.25, -0.2) is 4.90 Å². The summed E-state index contributed by atoms with van der Waals surface area (Å²) in [6.07, 6.45) is -2.74. The van der Waals surface area contributed by atoms with E-state index in [1.54, 1.807) is 0 Å². The molecule has 0 saturated carbocycles. The van der Waals surface area contributed by atoms with E-state index in [-0.39, 0.29) is 13.0 Å².